The third kappa shape index (κ3) is 8.60. The second-order valence-corrected chi connectivity index (χ2v) is 20.5. The maximum atomic E-state index is 6.57. The molecule has 80 heavy (non-hydrogen) atoms. The van der Waals surface area contributed by atoms with E-state index in [4.69, 9.17) is 17.7 Å². The predicted octanol–water partition coefficient (Wildman–Crippen LogP) is 21.3. The molecule has 0 saturated heterocycles. The Labute approximate surface area is 470 Å². The van der Waals surface area contributed by atoms with Gasteiger partial charge in [-0.3, -0.25) is 0 Å². The van der Waals surface area contributed by atoms with Crippen LogP contribution >= 0.6 is 0 Å². The van der Waals surface area contributed by atoms with Gasteiger partial charge in [-0.15, -0.1) is 0 Å². The van der Waals surface area contributed by atoms with Gasteiger partial charge < -0.3 is 37.3 Å². The van der Waals surface area contributed by atoms with E-state index in [1.165, 1.54) is 0 Å². The zero-order valence-electron chi connectivity index (χ0n) is 47.4. The number of para-hydroxylation sites is 4. The topological polar surface area (TPSA) is 65.5 Å². The molecule has 0 N–H and O–H groups in total. The van der Waals surface area contributed by atoms with Crippen LogP contribution in [0.5, 0.6) is 0 Å². The standard InChI is InChI=1S/C72H70N4O4/c1-9-47-43-77-63(13-5)69(47)73(51-29-21-17-22-30-51)59-41-60(74(52-31-23-18-24-32-52)70-48(10-2)44-78-64(70)14-6)56-39-40-58-62(76(54-35-27-20-28-36-54)72-50(12-4)46-80-66(72)16-8)42-61(57-38-37-55(59)67(56)68(57)58)75(53-33-25-19-26-34-53)71-49(11-3)45-79-65(71)15-7/h17-46H,9-16H2,1-8H3. The molecule has 0 unspecified atom stereocenters. The largest absolute Gasteiger partial charge is 0.467 e. The van der Waals surface area contributed by atoms with Gasteiger partial charge in [-0.05, 0) is 86.3 Å². The van der Waals surface area contributed by atoms with Gasteiger partial charge in [0.2, 0.25) is 0 Å². The highest BCUT2D eigenvalue weighted by molar-refractivity contribution is 6.33. The van der Waals surface area contributed by atoms with Crippen LogP contribution in [0.1, 0.15) is 101 Å². The Balaban J connectivity index is 1.34. The Morgan fingerprint density at radius 3 is 0.662 bits per heavy atom. The average Bonchev–Trinajstić information content (AvgIpc) is 4.37. The number of furan rings is 4. The van der Waals surface area contributed by atoms with Gasteiger partial charge in [0.05, 0.1) is 70.6 Å². The monoisotopic (exact) mass is 1050 g/mol. The molecule has 0 aliphatic heterocycles. The summed E-state index contributed by atoms with van der Waals surface area (Å²) in [4.78, 5) is 9.90. The van der Waals surface area contributed by atoms with Crippen molar-refractivity contribution in [2.45, 2.75) is 107 Å². The molecule has 0 spiro atoms. The van der Waals surface area contributed by atoms with Crippen molar-refractivity contribution in [3.05, 3.63) is 228 Å². The second-order valence-electron chi connectivity index (χ2n) is 20.5. The minimum absolute atomic E-state index is 0.723. The lowest BCUT2D eigenvalue weighted by atomic mass is 9.88. The molecule has 8 aromatic carbocycles. The number of anilines is 12. The summed E-state index contributed by atoms with van der Waals surface area (Å²) < 4.78 is 26.3. The van der Waals surface area contributed by atoms with Gasteiger partial charge in [0.15, 0.2) is 0 Å². The van der Waals surface area contributed by atoms with E-state index in [-0.39, 0.29) is 0 Å². The van der Waals surface area contributed by atoms with E-state index in [2.05, 4.69) is 233 Å². The lowest BCUT2D eigenvalue weighted by Crippen LogP contribution is -2.18. The van der Waals surface area contributed by atoms with Gasteiger partial charge in [-0.2, -0.15) is 0 Å². The fourth-order valence-corrected chi connectivity index (χ4v) is 12.3. The summed E-state index contributed by atoms with van der Waals surface area (Å²) in [7, 11) is 0. The Bertz CT molecular complexity index is 3470. The van der Waals surface area contributed by atoms with Gasteiger partial charge in [-0.25, -0.2) is 0 Å². The van der Waals surface area contributed by atoms with Crippen LogP contribution in [0.2, 0.25) is 0 Å². The first-order valence-electron chi connectivity index (χ1n) is 29.0. The minimum Gasteiger partial charge on any atom is -0.467 e. The first-order chi connectivity index (χ1) is 39.4. The van der Waals surface area contributed by atoms with E-state index >= 15 is 0 Å². The van der Waals surface area contributed by atoms with Gasteiger partial charge in [0.25, 0.3) is 0 Å². The first-order valence-corrected chi connectivity index (χ1v) is 29.0. The van der Waals surface area contributed by atoms with Crippen molar-refractivity contribution < 1.29 is 17.7 Å². The first kappa shape index (κ1) is 51.9. The molecule has 0 aliphatic carbocycles. The van der Waals surface area contributed by atoms with Crippen LogP contribution in [0, 0.1) is 0 Å². The molecule has 8 heteroatoms. The summed E-state index contributed by atoms with van der Waals surface area (Å²) in [6, 6.07) is 57.8. The molecule has 12 aromatic rings. The van der Waals surface area contributed by atoms with E-state index in [1.54, 1.807) is 0 Å². The molecular formula is C72H70N4O4. The highest BCUT2D eigenvalue weighted by Crippen LogP contribution is 2.57. The molecule has 0 aliphatic rings. The molecule has 0 radical (unpaired) electrons. The van der Waals surface area contributed by atoms with Crippen molar-refractivity contribution in [2.75, 3.05) is 19.6 Å². The Morgan fingerprint density at radius 2 is 0.475 bits per heavy atom. The average molecular weight is 1060 g/mol. The van der Waals surface area contributed by atoms with Crippen LogP contribution in [0.25, 0.3) is 32.3 Å². The molecule has 8 nitrogen and oxygen atoms in total. The van der Waals surface area contributed by atoms with Gasteiger partial charge in [-0.1, -0.05) is 152 Å². The van der Waals surface area contributed by atoms with Crippen molar-refractivity contribution in [1.29, 1.82) is 0 Å². The molecular weight excluding hydrogens is 985 g/mol. The zero-order valence-corrected chi connectivity index (χ0v) is 47.4. The molecule has 0 amide bonds. The number of aryl methyl sites for hydroxylation is 8. The van der Waals surface area contributed by atoms with E-state index in [9.17, 15) is 0 Å². The summed E-state index contributed by atoms with van der Waals surface area (Å²) >= 11 is 0. The normalized spacial score (nSPS) is 11.7. The van der Waals surface area contributed by atoms with Crippen LogP contribution in [0.3, 0.4) is 0 Å². The van der Waals surface area contributed by atoms with Crippen LogP contribution in [0.4, 0.5) is 68.2 Å². The quantitative estimate of drug-likeness (QED) is 0.0700. The van der Waals surface area contributed by atoms with Crippen LogP contribution in [0.15, 0.2) is 200 Å². The molecule has 0 atom stereocenters. The maximum absolute atomic E-state index is 6.57. The molecule has 4 heterocycles. The maximum Gasteiger partial charge on any atom is 0.127 e. The Morgan fingerprint density at radius 1 is 0.263 bits per heavy atom. The lowest BCUT2D eigenvalue weighted by Gasteiger charge is -2.35. The molecule has 4 aromatic heterocycles. The number of hydrogen-bond acceptors (Lipinski definition) is 8. The fourth-order valence-electron chi connectivity index (χ4n) is 12.3. The summed E-state index contributed by atoms with van der Waals surface area (Å²) in [5.41, 5.74) is 17.2. The SMILES string of the molecule is CCc1coc(CC)c1N(c1ccccc1)c1cc(N(c2ccccc2)c2c(CC)coc2CC)c2ccc3c(N(c4ccccc4)c4c(CC)coc4CC)cc(N(c4ccccc4)c4c(CC)coc4CC)c4ccc1c2c43. The van der Waals surface area contributed by atoms with Crippen LogP contribution < -0.4 is 19.6 Å². The smallest absolute Gasteiger partial charge is 0.127 e. The minimum atomic E-state index is 0.723. The summed E-state index contributed by atoms with van der Waals surface area (Å²) in [5, 5.41) is 6.75. The summed E-state index contributed by atoms with van der Waals surface area (Å²) in [5.74, 6) is 3.75. The van der Waals surface area contributed by atoms with Crippen molar-refractivity contribution >= 4 is 101 Å². The van der Waals surface area contributed by atoms with Crippen molar-refractivity contribution in [2.24, 2.45) is 0 Å². The van der Waals surface area contributed by atoms with Crippen molar-refractivity contribution in [3.63, 3.8) is 0 Å². The molecule has 402 valence electrons. The Hall–Kier alpha value is -8.88. The van der Waals surface area contributed by atoms with Gasteiger partial charge in [0, 0.05) is 103 Å². The molecule has 0 saturated carbocycles. The number of rotatable bonds is 20. The summed E-state index contributed by atoms with van der Waals surface area (Å²) in [6.07, 6.45) is 13.9. The van der Waals surface area contributed by atoms with Gasteiger partial charge in [0.1, 0.15) is 23.0 Å². The molecule has 0 fully saturated rings. The lowest BCUT2D eigenvalue weighted by molar-refractivity contribution is 0.514. The van der Waals surface area contributed by atoms with Crippen molar-refractivity contribution in [3.8, 4) is 0 Å². The molecule has 12 rings (SSSR count). The predicted molar refractivity (Wildman–Crippen MR) is 333 cm³/mol. The van der Waals surface area contributed by atoms with E-state index in [1.807, 2.05) is 25.1 Å². The van der Waals surface area contributed by atoms with Crippen LogP contribution in [-0.2, 0) is 51.4 Å². The number of hydrogen-bond donors (Lipinski definition) is 0. The van der Waals surface area contributed by atoms with Gasteiger partial charge >= 0.3 is 0 Å². The zero-order chi connectivity index (χ0) is 55.0. The molecule has 0 bridgehead atoms. The third-order valence-corrected chi connectivity index (χ3v) is 16.2. The number of nitrogens with zero attached hydrogens (tertiary/aromatic N) is 4. The number of benzene rings is 8. The van der Waals surface area contributed by atoms with E-state index in [0.29, 0.717) is 0 Å². The van der Waals surface area contributed by atoms with Crippen LogP contribution in [-0.4, -0.2) is 0 Å². The Kier molecular flexibility index (Phi) is 14.3. The highest BCUT2D eigenvalue weighted by Gasteiger charge is 2.34. The third-order valence-electron chi connectivity index (χ3n) is 16.2. The van der Waals surface area contributed by atoms with E-state index in [0.717, 1.165) is 197 Å². The second kappa shape index (κ2) is 22.1. The van der Waals surface area contributed by atoms with Crippen molar-refractivity contribution in [1.82, 2.24) is 0 Å². The fraction of sp³-hybridized carbons (Fsp3) is 0.222. The van der Waals surface area contributed by atoms with E-state index < -0.39 is 0 Å². The summed E-state index contributed by atoms with van der Waals surface area (Å²) in [6.45, 7) is 17.7. The highest BCUT2D eigenvalue weighted by atomic mass is 16.3.